The zero-order valence-electron chi connectivity index (χ0n) is 39.0. The van der Waals surface area contributed by atoms with Gasteiger partial charge in [0.2, 0.25) is 0 Å². The first kappa shape index (κ1) is 40.3. The summed E-state index contributed by atoms with van der Waals surface area (Å²) in [7, 11) is 0. The van der Waals surface area contributed by atoms with Gasteiger partial charge in [0, 0.05) is 27.8 Å². The highest BCUT2D eigenvalue weighted by atomic mass is 15.1. The first-order chi connectivity index (χ1) is 33.3. The van der Waals surface area contributed by atoms with E-state index in [9.17, 15) is 0 Å². The molecule has 68 heavy (non-hydrogen) atoms. The second-order valence-corrected chi connectivity index (χ2v) is 20.0. The Kier molecular flexibility index (Phi) is 8.89. The van der Waals surface area contributed by atoms with Crippen LogP contribution in [-0.2, 0) is 16.2 Å². The molecular weight excluding hydrogens is 819 g/mol. The van der Waals surface area contributed by atoms with E-state index in [2.05, 4.69) is 269 Å². The number of rotatable bonds is 7. The Morgan fingerprint density at radius 3 is 1.50 bits per heavy atom. The van der Waals surface area contributed by atoms with Crippen LogP contribution in [0.1, 0.15) is 72.2 Å². The molecule has 1 atom stereocenters. The minimum absolute atomic E-state index is 0.179. The van der Waals surface area contributed by atoms with Gasteiger partial charge in [-0.05, 0) is 131 Å². The molecule has 3 aliphatic carbocycles. The third-order valence-electron chi connectivity index (χ3n) is 15.7. The van der Waals surface area contributed by atoms with Gasteiger partial charge >= 0.3 is 0 Å². The number of benzene rings is 10. The molecule has 10 aromatic carbocycles. The maximum atomic E-state index is 2.60. The van der Waals surface area contributed by atoms with Gasteiger partial charge in [-0.2, -0.15) is 0 Å². The maximum Gasteiger partial charge on any atom is 0.0714 e. The highest BCUT2D eigenvalue weighted by molar-refractivity contribution is 6.01. The van der Waals surface area contributed by atoms with Crippen molar-refractivity contribution in [1.29, 1.82) is 0 Å². The zero-order valence-corrected chi connectivity index (χ0v) is 39.0. The van der Waals surface area contributed by atoms with E-state index < -0.39 is 5.41 Å². The number of anilines is 3. The van der Waals surface area contributed by atoms with Crippen LogP contribution in [0, 0.1) is 0 Å². The highest BCUT2D eigenvalue weighted by Crippen LogP contribution is 2.61. The van der Waals surface area contributed by atoms with Crippen LogP contribution in [-0.4, -0.2) is 0 Å². The summed E-state index contributed by atoms with van der Waals surface area (Å²) in [5, 5.41) is 0. The fourth-order valence-electron chi connectivity index (χ4n) is 12.6. The Morgan fingerprint density at radius 2 is 0.779 bits per heavy atom. The van der Waals surface area contributed by atoms with E-state index in [1.807, 2.05) is 0 Å². The average molecular weight is 870 g/mol. The van der Waals surface area contributed by atoms with Crippen molar-refractivity contribution in [3.8, 4) is 55.6 Å². The molecule has 1 heteroatoms. The first-order valence-electron chi connectivity index (χ1n) is 24.1. The van der Waals surface area contributed by atoms with Gasteiger partial charge in [-0.25, -0.2) is 0 Å². The summed E-state index contributed by atoms with van der Waals surface area (Å²) in [4.78, 5) is 2.60. The van der Waals surface area contributed by atoms with Gasteiger partial charge in [-0.1, -0.05) is 228 Å². The van der Waals surface area contributed by atoms with Crippen molar-refractivity contribution < 1.29 is 0 Å². The fraction of sp³-hybridized carbons (Fsp3) is 0.104. The lowest BCUT2D eigenvalue weighted by molar-refractivity contribution is 0.660. The molecule has 13 rings (SSSR count). The summed E-state index contributed by atoms with van der Waals surface area (Å²) in [6.07, 6.45) is 0. The van der Waals surface area contributed by atoms with E-state index in [1.165, 1.54) is 100 Å². The number of nitrogens with zero attached hydrogens (tertiary/aromatic N) is 1. The molecule has 0 N–H and O–H groups in total. The summed E-state index contributed by atoms with van der Waals surface area (Å²) in [6, 6.07) is 88.9. The van der Waals surface area contributed by atoms with Gasteiger partial charge in [-0.3, -0.25) is 0 Å². The second-order valence-electron chi connectivity index (χ2n) is 20.0. The van der Waals surface area contributed by atoms with Crippen LogP contribution in [0.2, 0.25) is 0 Å². The van der Waals surface area contributed by atoms with E-state index in [4.69, 9.17) is 0 Å². The molecule has 0 fully saturated rings. The minimum atomic E-state index is -0.599. The standard InChI is InChI=1S/C67H51N/c1-65(2)56-33-17-14-30-51(56)52-39-38-49(42-60(52)65)68(50-41-55(45-24-10-6-11-25-45)63-53-31-15-18-34-57(53)66(3,4)61(63)43-50)62-37-21-36-59-64(62)54-32-16-19-35-58(54)67(59,47-27-12-7-13-28-47)48-29-20-26-46(40-48)44-22-8-5-9-23-44/h5-43H,1-4H3. The lowest BCUT2D eigenvalue weighted by atomic mass is 9.67. The van der Waals surface area contributed by atoms with E-state index in [-0.39, 0.29) is 10.8 Å². The molecule has 0 saturated carbocycles. The molecule has 0 amide bonds. The van der Waals surface area contributed by atoms with Crippen molar-refractivity contribution in [2.24, 2.45) is 0 Å². The zero-order chi connectivity index (χ0) is 45.8. The molecule has 3 aliphatic rings. The van der Waals surface area contributed by atoms with E-state index in [1.54, 1.807) is 0 Å². The second kappa shape index (κ2) is 15.0. The minimum Gasteiger partial charge on any atom is -0.310 e. The van der Waals surface area contributed by atoms with Crippen LogP contribution < -0.4 is 4.90 Å². The Balaban J connectivity index is 1.13. The summed E-state index contributed by atoms with van der Waals surface area (Å²) in [5.74, 6) is 0. The van der Waals surface area contributed by atoms with Crippen molar-refractivity contribution in [2.45, 2.75) is 43.9 Å². The number of fused-ring (bicyclic) bond motifs is 9. The van der Waals surface area contributed by atoms with Crippen molar-refractivity contribution >= 4 is 17.1 Å². The van der Waals surface area contributed by atoms with Crippen molar-refractivity contribution in [3.63, 3.8) is 0 Å². The molecular formula is C67H51N. The summed E-state index contributed by atoms with van der Waals surface area (Å²) >= 11 is 0. The molecule has 0 spiro atoms. The van der Waals surface area contributed by atoms with Crippen LogP contribution in [0.5, 0.6) is 0 Å². The first-order valence-corrected chi connectivity index (χ1v) is 24.1. The van der Waals surface area contributed by atoms with E-state index >= 15 is 0 Å². The van der Waals surface area contributed by atoms with Crippen LogP contribution in [0.3, 0.4) is 0 Å². The van der Waals surface area contributed by atoms with Crippen LogP contribution in [0.25, 0.3) is 55.6 Å². The normalized spacial score (nSPS) is 16.2. The molecule has 10 aromatic rings. The average Bonchev–Trinajstić information content (AvgIpc) is 3.92. The van der Waals surface area contributed by atoms with Gasteiger partial charge in [0.25, 0.3) is 0 Å². The molecule has 324 valence electrons. The molecule has 0 saturated heterocycles. The number of hydrogen-bond donors (Lipinski definition) is 0. The lowest BCUT2D eigenvalue weighted by Gasteiger charge is -2.35. The molecule has 0 radical (unpaired) electrons. The van der Waals surface area contributed by atoms with Gasteiger partial charge in [-0.15, -0.1) is 0 Å². The van der Waals surface area contributed by atoms with Crippen LogP contribution in [0.4, 0.5) is 17.1 Å². The van der Waals surface area contributed by atoms with Gasteiger partial charge in [0.15, 0.2) is 0 Å². The molecule has 0 aromatic heterocycles. The predicted molar refractivity (Wildman–Crippen MR) is 284 cm³/mol. The molecule has 0 heterocycles. The maximum absolute atomic E-state index is 2.60. The summed E-state index contributed by atoms with van der Waals surface area (Å²) < 4.78 is 0. The Bertz CT molecular complexity index is 3620. The van der Waals surface area contributed by atoms with Crippen LogP contribution >= 0.6 is 0 Å². The monoisotopic (exact) mass is 869 g/mol. The van der Waals surface area contributed by atoms with E-state index in [0.29, 0.717) is 0 Å². The van der Waals surface area contributed by atoms with Gasteiger partial charge in [0.05, 0.1) is 11.1 Å². The largest absolute Gasteiger partial charge is 0.310 e. The molecule has 0 bridgehead atoms. The molecule has 0 aliphatic heterocycles. The van der Waals surface area contributed by atoms with E-state index in [0.717, 1.165) is 17.1 Å². The highest BCUT2D eigenvalue weighted by Gasteiger charge is 2.48. The summed E-state index contributed by atoms with van der Waals surface area (Å²) in [5.41, 5.74) is 25.6. The van der Waals surface area contributed by atoms with Gasteiger partial charge in [0.1, 0.15) is 0 Å². The molecule has 1 nitrogen and oxygen atoms in total. The quantitative estimate of drug-likeness (QED) is 0.154. The fourth-order valence-corrected chi connectivity index (χ4v) is 12.6. The number of hydrogen-bond acceptors (Lipinski definition) is 1. The van der Waals surface area contributed by atoms with Crippen molar-refractivity contribution in [2.75, 3.05) is 4.90 Å². The third kappa shape index (κ3) is 5.69. The SMILES string of the molecule is CC1(C)c2ccccc2-c2ccc(N(c3cc(-c4ccccc4)c4c(c3)C(C)(C)c3ccccc3-4)c3cccc4c3-c3ccccc3C4(c3ccccc3)c3cccc(-c4ccccc4)c3)cc21. The smallest absolute Gasteiger partial charge is 0.0714 e. The Morgan fingerprint density at radius 1 is 0.279 bits per heavy atom. The lowest BCUT2D eigenvalue weighted by Crippen LogP contribution is -2.28. The third-order valence-corrected chi connectivity index (χ3v) is 15.7. The Hall–Kier alpha value is -8.00. The molecule has 1 unspecified atom stereocenters. The van der Waals surface area contributed by atoms with Crippen molar-refractivity contribution in [1.82, 2.24) is 0 Å². The predicted octanol–water partition coefficient (Wildman–Crippen LogP) is 17.5. The summed E-state index contributed by atoms with van der Waals surface area (Å²) in [6.45, 7) is 9.60. The van der Waals surface area contributed by atoms with Crippen LogP contribution in [0.15, 0.2) is 237 Å². The van der Waals surface area contributed by atoms with Gasteiger partial charge < -0.3 is 4.90 Å². The van der Waals surface area contributed by atoms with Crippen molar-refractivity contribution in [3.05, 3.63) is 281 Å². The Labute approximate surface area is 400 Å². The topological polar surface area (TPSA) is 3.24 Å².